The number of hydrogen-bond donors (Lipinski definition) is 1. The van der Waals surface area contributed by atoms with Crippen LogP contribution in [0.15, 0.2) is 22.7 Å². The van der Waals surface area contributed by atoms with Gasteiger partial charge in [-0.2, -0.15) is 0 Å². The van der Waals surface area contributed by atoms with Gasteiger partial charge in [0.1, 0.15) is 0 Å². The third kappa shape index (κ3) is 2.98. The predicted molar refractivity (Wildman–Crippen MR) is 66.9 cm³/mol. The molecule has 3 heteroatoms. The second-order valence-corrected chi connectivity index (χ2v) is 4.30. The van der Waals surface area contributed by atoms with Crippen molar-refractivity contribution in [3.8, 4) is 12.3 Å². The molecule has 1 rings (SSSR count). The van der Waals surface area contributed by atoms with Crippen molar-refractivity contribution in [2.24, 2.45) is 0 Å². The number of halogens is 1. The molecule has 0 radical (unpaired) electrons. The van der Waals surface area contributed by atoms with E-state index in [0.717, 1.165) is 15.7 Å². The van der Waals surface area contributed by atoms with Gasteiger partial charge in [0.25, 0.3) is 0 Å². The fourth-order valence-corrected chi connectivity index (χ4v) is 2.02. The lowest BCUT2D eigenvalue weighted by Crippen LogP contribution is -2.16. The molecule has 0 aliphatic rings. The van der Waals surface area contributed by atoms with Gasteiger partial charge in [-0.05, 0) is 24.6 Å². The van der Waals surface area contributed by atoms with E-state index in [-0.39, 0.29) is 0 Å². The van der Waals surface area contributed by atoms with Crippen molar-refractivity contribution in [1.29, 1.82) is 0 Å². The smallest absolute Gasteiger partial charge is 0.0788 e. The number of aliphatic hydroxyl groups is 1. The van der Waals surface area contributed by atoms with E-state index in [9.17, 15) is 5.11 Å². The van der Waals surface area contributed by atoms with Gasteiger partial charge in [0, 0.05) is 17.2 Å². The Bertz CT molecular complexity index is 382. The zero-order valence-corrected chi connectivity index (χ0v) is 10.5. The minimum atomic E-state index is -0.466. The Morgan fingerprint density at radius 3 is 2.73 bits per heavy atom. The monoisotopic (exact) mass is 267 g/mol. The molecule has 15 heavy (non-hydrogen) atoms. The molecular formula is C12H14BrNO. The van der Waals surface area contributed by atoms with Crippen LogP contribution in [0.5, 0.6) is 0 Å². The van der Waals surface area contributed by atoms with Crippen LogP contribution in [0.1, 0.15) is 18.6 Å². The summed E-state index contributed by atoms with van der Waals surface area (Å²) in [5, 5.41) is 9.46. The lowest BCUT2D eigenvalue weighted by atomic mass is 10.1. The normalized spacial score (nSPS) is 11.9. The molecule has 0 unspecified atom stereocenters. The van der Waals surface area contributed by atoms with Crippen LogP contribution in [-0.2, 0) is 0 Å². The molecule has 0 spiro atoms. The van der Waals surface area contributed by atoms with Gasteiger partial charge in [0.15, 0.2) is 0 Å². The van der Waals surface area contributed by atoms with Crippen molar-refractivity contribution in [3.63, 3.8) is 0 Å². The molecule has 0 amide bonds. The first-order valence-corrected chi connectivity index (χ1v) is 5.47. The van der Waals surface area contributed by atoms with Crippen LogP contribution in [0.4, 0.5) is 5.69 Å². The molecule has 0 aromatic heterocycles. The molecule has 0 saturated heterocycles. The summed E-state index contributed by atoms with van der Waals surface area (Å²) in [6.45, 7) is 2.31. The number of terminal acetylenes is 1. The van der Waals surface area contributed by atoms with Crippen LogP contribution in [0.2, 0.25) is 0 Å². The van der Waals surface area contributed by atoms with Crippen molar-refractivity contribution >= 4 is 21.6 Å². The van der Waals surface area contributed by atoms with Crippen LogP contribution in [-0.4, -0.2) is 18.7 Å². The Balaban J connectivity index is 2.97. The first-order chi connectivity index (χ1) is 7.06. The molecule has 0 saturated carbocycles. The van der Waals surface area contributed by atoms with Gasteiger partial charge in [-0.3, -0.25) is 0 Å². The van der Waals surface area contributed by atoms with E-state index in [0.29, 0.717) is 6.54 Å². The Kier molecular flexibility index (Phi) is 4.19. The van der Waals surface area contributed by atoms with E-state index in [1.165, 1.54) is 0 Å². The van der Waals surface area contributed by atoms with Gasteiger partial charge < -0.3 is 10.0 Å². The molecule has 0 heterocycles. The molecule has 0 aliphatic heterocycles. The summed E-state index contributed by atoms with van der Waals surface area (Å²) in [5.74, 6) is 2.58. The maximum absolute atomic E-state index is 9.46. The van der Waals surface area contributed by atoms with Crippen molar-refractivity contribution < 1.29 is 5.11 Å². The van der Waals surface area contributed by atoms with Crippen LogP contribution in [0.3, 0.4) is 0 Å². The van der Waals surface area contributed by atoms with Gasteiger partial charge in [0.05, 0.1) is 12.6 Å². The lowest BCUT2D eigenvalue weighted by Gasteiger charge is -2.18. The Morgan fingerprint density at radius 2 is 2.27 bits per heavy atom. The number of benzene rings is 1. The third-order valence-electron chi connectivity index (χ3n) is 2.20. The van der Waals surface area contributed by atoms with Crippen LogP contribution in [0, 0.1) is 12.3 Å². The fraction of sp³-hybridized carbons (Fsp3) is 0.333. The predicted octanol–water partition coefficient (Wildman–Crippen LogP) is 2.57. The highest BCUT2D eigenvalue weighted by molar-refractivity contribution is 9.10. The highest BCUT2D eigenvalue weighted by Crippen LogP contribution is 2.27. The molecule has 80 valence electrons. The number of nitrogens with zero attached hydrogens (tertiary/aromatic N) is 1. The zero-order chi connectivity index (χ0) is 11.4. The number of rotatable bonds is 3. The second-order valence-electron chi connectivity index (χ2n) is 3.44. The zero-order valence-electron chi connectivity index (χ0n) is 8.87. The largest absolute Gasteiger partial charge is 0.389 e. The van der Waals surface area contributed by atoms with Gasteiger partial charge in [-0.25, -0.2) is 0 Å². The topological polar surface area (TPSA) is 23.5 Å². The Hall–Kier alpha value is -0.980. The number of hydrogen-bond acceptors (Lipinski definition) is 2. The molecule has 1 aromatic rings. The summed E-state index contributed by atoms with van der Waals surface area (Å²) in [6, 6.07) is 5.81. The highest BCUT2D eigenvalue weighted by atomic mass is 79.9. The Labute approximate surface area is 99.0 Å². The molecule has 2 nitrogen and oxygen atoms in total. The molecule has 0 fully saturated rings. The molecule has 1 aromatic carbocycles. The SMILES string of the molecule is C#CCN(C)c1ccc([C@@H](C)O)c(Br)c1. The standard InChI is InChI=1S/C12H14BrNO/c1-4-7-14(3)10-5-6-11(9(2)15)12(13)8-10/h1,5-6,8-9,15H,7H2,2-3H3/t9-/m1/s1. The minimum absolute atomic E-state index is 0.466. The summed E-state index contributed by atoms with van der Waals surface area (Å²) in [4.78, 5) is 1.97. The van der Waals surface area contributed by atoms with E-state index < -0.39 is 6.10 Å². The summed E-state index contributed by atoms with van der Waals surface area (Å²) < 4.78 is 0.902. The third-order valence-corrected chi connectivity index (χ3v) is 2.89. The van der Waals surface area contributed by atoms with Crippen molar-refractivity contribution in [2.75, 3.05) is 18.5 Å². The maximum Gasteiger partial charge on any atom is 0.0788 e. The summed E-state index contributed by atoms with van der Waals surface area (Å²) in [7, 11) is 1.93. The molecule has 0 bridgehead atoms. The summed E-state index contributed by atoms with van der Waals surface area (Å²) in [6.07, 6.45) is 4.77. The van der Waals surface area contributed by atoms with Crippen LogP contribution in [0.25, 0.3) is 0 Å². The molecule has 1 atom stereocenters. The van der Waals surface area contributed by atoms with Gasteiger partial charge >= 0.3 is 0 Å². The lowest BCUT2D eigenvalue weighted by molar-refractivity contribution is 0.198. The molecule has 0 aliphatic carbocycles. The maximum atomic E-state index is 9.46. The minimum Gasteiger partial charge on any atom is -0.389 e. The fourth-order valence-electron chi connectivity index (χ4n) is 1.32. The number of aliphatic hydroxyl groups excluding tert-OH is 1. The first kappa shape index (κ1) is 12.1. The number of anilines is 1. The molecule has 1 N–H and O–H groups in total. The van der Waals surface area contributed by atoms with Gasteiger partial charge in [-0.1, -0.05) is 27.9 Å². The van der Waals surface area contributed by atoms with E-state index in [1.807, 2.05) is 30.1 Å². The van der Waals surface area contributed by atoms with Gasteiger partial charge in [0.2, 0.25) is 0 Å². The first-order valence-electron chi connectivity index (χ1n) is 4.68. The van der Waals surface area contributed by atoms with E-state index in [4.69, 9.17) is 6.42 Å². The van der Waals surface area contributed by atoms with Crippen molar-refractivity contribution in [1.82, 2.24) is 0 Å². The second kappa shape index (κ2) is 5.20. The quantitative estimate of drug-likeness (QED) is 0.852. The van der Waals surface area contributed by atoms with Gasteiger partial charge in [-0.15, -0.1) is 6.42 Å². The van der Waals surface area contributed by atoms with Crippen molar-refractivity contribution in [3.05, 3.63) is 28.2 Å². The van der Waals surface area contributed by atoms with Crippen LogP contribution >= 0.6 is 15.9 Å². The van der Waals surface area contributed by atoms with E-state index in [1.54, 1.807) is 6.92 Å². The average Bonchev–Trinajstić information content (AvgIpc) is 2.17. The van der Waals surface area contributed by atoms with Crippen molar-refractivity contribution in [2.45, 2.75) is 13.0 Å². The summed E-state index contributed by atoms with van der Waals surface area (Å²) in [5.41, 5.74) is 1.91. The average molecular weight is 268 g/mol. The summed E-state index contributed by atoms with van der Waals surface area (Å²) >= 11 is 3.43. The van der Waals surface area contributed by atoms with E-state index in [2.05, 4.69) is 21.9 Å². The Morgan fingerprint density at radius 1 is 1.60 bits per heavy atom. The molecular weight excluding hydrogens is 254 g/mol. The van der Waals surface area contributed by atoms with E-state index >= 15 is 0 Å². The highest BCUT2D eigenvalue weighted by Gasteiger charge is 2.08. The van der Waals surface area contributed by atoms with Crippen LogP contribution < -0.4 is 4.90 Å².